The third kappa shape index (κ3) is 5.27. The number of amides is 2. The van der Waals surface area contributed by atoms with Crippen LogP contribution in [0.3, 0.4) is 0 Å². The van der Waals surface area contributed by atoms with Gasteiger partial charge in [0.25, 0.3) is 5.91 Å². The number of carbonyl (C=O) groups is 2. The van der Waals surface area contributed by atoms with Crippen LogP contribution in [0.1, 0.15) is 23.2 Å². The molecule has 154 valence electrons. The Morgan fingerprint density at radius 2 is 1.79 bits per heavy atom. The molecule has 9 heteroatoms. The van der Waals surface area contributed by atoms with Gasteiger partial charge in [-0.2, -0.15) is 0 Å². The maximum Gasteiger partial charge on any atom is 0.255 e. The zero-order valence-corrected chi connectivity index (χ0v) is 17.5. The maximum atomic E-state index is 12.7. The number of anilines is 2. The van der Waals surface area contributed by atoms with E-state index in [1.54, 1.807) is 47.4 Å². The summed E-state index contributed by atoms with van der Waals surface area (Å²) in [5.41, 5.74) is 1.03. The molecular formula is C20H22ClN3O4S. The van der Waals surface area contributed by atoms with Crippen molar-refractivity contribution in [1.29, 1.82) is 0 Å². The number of benzene rings is 2. The highest BCUT2D eigenvalue weighted by Crippen LogP contribution is 2.23. The van der Waals surface area contributed by atoms with E-state index in [4.69, 9.17) is 11.6 Å². The Bertz CT molecular complexity index is 1020. The number of para-hydroxylation sites is 1. The standard InChI is InChI=1S/C20H22ClN3O4S/c1-29(27,28)24(16-8-6-7-15(21)13-16)14-19(25)22-18-10-3-2-9-17(18)20(26)23-11-4-5-12-23/h2-3,6-10,13H,4-5,11-12,14H2,1H3,(H,22,25). The molecule has 29 heavy (non-hydrogen) atoms. The van der Waals surface area contributed by atoms with Crippen molar-refractivity contribution in [2.75, 3.05) is 35.5 Å². The Balaban J connectivity index is 1.80. The average molecular weight is 436 g/mol. The van der Waals surface area contributed by atoms with Crippen LogP contribution in [-0.2, 0) is 14.8 Å². The lowest BCUT2D eigenvalue weighted by molar-refractivity contribution is -0.114. The van der Waals surface area contributed by atoms with Crippen LogP contribution in [0.25, 0.3) is 0 Å². The van der Waals surface area contributed by atoms with Crippen LogP contribution in [0.15, 0.2) is 48.5 Å². The van der Waals surface area contributed by atoms with Crippen LogP contribution in [-0.4, -0.2) is 51.0 Å². The van der Waals surface area contributed by atoms with Gasteiger partial charge in [-0.1, -0.05) is 29.8 Å². The van der Waals surface area contributed by atoms with Gasteiger partial charge in [-0.15, -0.1) is 0 Å². The second kappa shape index (κ2) is 8.84. The number of rotatable bonds is 6. The quantitative estimate of drug-likeness (QED) is 0.755. The van der Waals surface area contributed by atoms with Gasteiger partial charge in [-0.25, -0.2) is 8.42 Å². The fourth-order valence-corrected chi connectivity index (χ4v) is 4.25. The first kappa shape index (κ1) is 21.1. The van der Waals surface area contributed by atoms with Crippen molar-refractivity contribution in [3.05, 3.63) is 59.1 Å². The van der Waals surface area contributed by atoms with E-state index in [9.17, 15) is 18.0 Å². The molecule has 2 aromatic rings. The maximum absolute atomic E-state index is 12.7. The fourth-order valence-electron chi connectivity index (χ4n) is 3.22. The highest BCUT2D eigenvalue weighted by atomic mass is 35.5. The predicted molar refractivity (Wildman–Crippen MR) is 114 cm³/mol. The Hall–Kier alpha value is -2.58. The Morgan fingerprint density at radius 3 is 2.45 bits per heavy atom. The van der Waals surface area contributed by atoms with Crippen molar-refractivity contribution in [3.8, 4) is 0 Å². The molecule has 7 nitrogen and oxygen atoms in total. The molecule has 1 aliphatic rings. The SMILES string of the molecule is CS(=O)(=O)N(CC(=O)Nc1ccccc1C(=O)N1CCCC1)c1cccc(Cl)c1. The number of hydrogen-bond donors (Lipinski definition) is 1. The summed E-state index contributed by atoms with van der Waals surface area (Å²) in [4.78, 5) is 27.1. The summed E-state index contributed by atoms with van der Waals surface area (Å²) < 4.78 is 25.4. The summed E-state index contributed by atoms with van der Waals surface area (Å²) in [7, 11) is -3.72. The van der Waals surface area contributed by atoms with E-state index in [1.807, 2.05) is 0 Å². The number of nitrogens with zero attached hydrogens (tertiary/aromatic N) is 2. The Morgan fingerprint density at radius 1 is 1.10 bits per heavy atom. The van der Waals surface area contributed by atoms with Gasteiger partial charge in [-0.05, 0) is 43.2 Å². The van der Waals surface area contributed by atoms with Crippen molar-refractivity contribution < 1.29 is 18.0 Å². The molecule has 0 unspecified atom stereocenters. The number of likely N-dealkylation sites (tertiary alicyclic amines) is 1. The van der Waals surface area contributed by atoms with Gasteiger partial charge in [0.15, 0.2) is 0 Å². The molecule has 2 aromatic carbocycles. The second-order valence-electron chi connectivity index (χ2n) is 6.84. The molecule has 0 aromatic heterocycles. The average Bonchev–Trinajstić information content (AvgIpc) is 3.20. The van der Waals surface area contributed by atoms with Crippen LogP contribution >= 0.6 is 11.6 Å². The van der Waals surface area contributed by atoms with Crippen LogP contribution in [0.2, 0.25) is 5.02 Å². The highest BCUT2D eigenvalue weighted by Gasteiger charge is 2.24. The van der Waals surface area contributed by atoms with Crippen molar-refractivity contribution in [2.24, 2.45) is 0 Å². The van der Waals surface area contributed by atoms with Crippen LogP contribution in [0.5, 0.6) is 0 Å². The number of carbonyl (C=O) groups excluding carboxylic acids is 2. The van der Waals surface area contributed by atoms with E-state index in [2.05, 4.69) is 5.32 Å². The van der Waals surface area contributed by atoms with Crippen LogP contribution in [0, 0.1) is 0 Å². The molecule has 1 saturated heterocycles. The smallest absolute Gasteiger partial charge is 0.255 e. The third-order valence-corrected chi connectivity index (χ3v) is 5.98. The zero-order chi connectivity index (χ0) is 21.0. The summed E-state index contributed by atoms with van der Waals surface area (Å²) in [5.74, 6) is -0.703. The van der Waals surface area contributed by atoms with E-state index in [-0.39, 0.29) is 11.6 Å². The number of nitrogens with one attached hydrogen (secondary N) is 1. The number of hydrogen-bond acceptors (Lipinski definition) is 4. The van der Waals surface area contributed by atoms with Crippen molar-refractivity contribution >= 4 is 44.8 Å². The fraction of sp³-hybridized carbons (Fsp3) is 0.300. The van der Waals surface area contributed by atoms with Gasteiger partial charge in [0.05, 0.1) is 23.2 Å². The molecular weight excluding hydrogens is 414 g/mol. The first-order chi connectivity index (χ1) is 13.8. The predicted octanol–water partition coefficient (Wildman–Crippen LogP) is 2.98. The molecule has 0 radical (unpaired) electrons. The molecule has 1 fully saturated rings. The van der Waals surface area contributed by atoms with Gasteiger partial charge in [0, 0.05) is 18.1 Å². The number of halogens is 1. The van der Waals surface area contributed by atoms with Gasteiger partial charge in [0.1, 0.15) is 6.54 Å². The zero-order valence-electron chi connectivity index (χ0n) is 16.0. The molecule has 0 spiro atoms. The van der Waals surface area contributed by atoms with E-state index in [1.165, 1.54) is 6.07 Å². The molecule has 0 aliphatic carbocycles. The van der Waals surface area contributed by atoms with Crippen LogP contribution in [0.4, 0.5) is 11.4 Å². The lowest BCUT2D eigenvalue weighted by Gasteiger charge is -2.23. The summed E-state index contributed by atoms with van der Waals surface area (Å²) >= 11 is 5.96. The van der Waals surface area contributed by atoms with Crippen molar-refractivity contribution in [2.45, 2.75) is 12.8 Å². The normalized spacial score (nSPS) is 13.9. The lowest BCUT2D eigenvalue weighted by atomic mass is 10.1. The minimum Gasteiger partial charge on any atom is -0.339 e. The third-order valence-electron chi connectivity index (χ3n) is 4.61. The molecule has 1 heterocycles. The molecule has 0 saturated carbocycles. The molecule has 1 N–H and O–H groups in total. The van der Waals surface area contributed by atoms with Crippen molar-refractivity contribution in [3.63, 3.8) is 0 Å². The molecule has 0 bridgehead atoms. The van der Waals surface area contributed by atoms with E-state index in [0.29, 0.717) is 29.4 Å². The van der Waals surface area contributed by atoms with E-state index >= 15 is 0 Å². The van der Waals surface area contributed by atoms with Gasteiger partial charge in [0.2, 0.25) is 15.9 Å². The van der Waals surface area contributed by atoms with Gasteiger partial charge >= 0.3 is 0 Å². The molecule has 2 amide bonds. The highest BCUT2D eigenvalue weighted by molar-refractivity contribution is 7.92. The molecule has 3 rings (SSSR count). The van der Waals surface area contributed by atoms with Crippen molar-refractivity contribution in [1.82, 2.24) is 4.90 Å². The topological polar surface area (TPSA) is 86.8 Å². The summed E-state index contributed by atoms with van der Waals surface area (Å²) in [6.45, 7) is 0.945. The largest absolute Gasteiger partial charge is 0.339 e. The first-order valence-electron chi connectivity index (χ1n) is 9.17. The Labute approximate surface area is 175 Å². The molecule has 0 atom stereocenters. The Kier molecular flexibility index (Phi) is 6.44. The summed E-state index contributed by atoms with van der Waals surface area (Å²) in [6.07, 6.45) is 2.94. The second-order valence-corrected chi connectivity index (χ2v) is 9.19. The summed E-state index contributed by atoms with van der Waals surface area (Å²) in [6, 6.07) is 13.0. The first-order valence-corrected chi connectivity index (χ1v) is 11.4. The van der Waals surface area contributed by atoms with Gasteiger partial charge in [-0.3, -0.25) is 13.9 Å². The van der Waals surface area contributed by atoms with Gasteiger partial charge < -0.3 is 10.2 Å². The van der Waals surface area contributed by atoms with E-state index in [0.717, 1.165) is 23.4 Å². The summed E-state index contributed by atoms with van der Waals surface area (Å²) in [5, 5.41) is 3.04. The lowest BCUT2D eigenvalue weighted by Crippen LogP contribution is -2.38. The van der Waals surface area contributed by atoms with E-state index < -0.39 is 22.5 Å². The van der Waals surface area contributed by atoms with Crippen LogP contribution < -0.4 is 9.62 Å². The molecule has 1 aliphatic heterocycles. The minimum atomic E-state index is -3.72. The number of sulfonamides is 1. The monoisotopic (exact) mass is 435 g/mol. The minimum absolute atomic E-state index is 0.145.